The highest BCUT2D eigenvalue weighted by molar-refractivity contribution is 6.04. The number of hydrogen-bond donors (Lipinski definition) is 1. The van der Waals surface area contributed by atoms with Crippen molar-refractivity contribution in [1.82, 2.24) is 14.8 Å². The van der Waals surface area contributed by atoms with E-state index in [1.165, 1.54) is 23.0 Å². The molecular weight excluding hydrogens is 299 g/mol. The number of aryl methyl sites for hydroxylation is 1. The monoisotopic (exact) mass is 312 g/mol. The standard InChI is InChI=1S/C16H13FN4O2/c1-2-21-13-6-5-10(17)8-12(13)15(22)14(20-21)16(23)19-11-4-3-7-18-9-11/h3-9H,2H2,1H3,(H,19,23). The summed E-state index contributed by atoms with van der Waals surface area (Å²) in [6.45, 7) is 2.26. The van der Waals surface area contributed by atoms with Crippen molar-refractivity contribution in [2.45, 2.75) is 13.5 Å². The lowest BCUT2D eigenvalue weighted by molar-refractivity contribution is 0.101. The van der Waals surface area contributed by atoms with Crippen molar-refractivity contribution in [3.05, 3.63) is 64.5 Å². The van der Waals surface area contributed by atoms with Crippen LogP contribution >= 0.6 is 0 Å². The molecule has 0 saturated carbocycles. The summed E-state index contributed by atoms with van der Waals surface area (Å²) in [6.07, 6.45) is 3.02. The largest absolute Gasteiger partial charge is 0.319 e. The van der Waals surface area contributed by atoms with Crippen molar-refractivity contribution < 1.29 is 9.18 Å². The van der Waals surface area contributed by atoms with Gasteiger partial charge < -0.3 is 5.32 Å². The number of aromatic nitrogens is 3. The van der Waals surface area contributed by atoms with Gasteiger partial charge in [-0.05, 0) is 37.3 Å². The minimum absolute atomic E-state index is 0.123. The second kappa shape index (κ2) is 5.96. The maximum absolute atomic E-state index is 13.5. The summed E-state index contributed by atoms with van der Waals surface area (Å²) in [6, 6.07) is 7.15. The molecule has 3 rings (SSSR count). The second-order valence-electron chi connectivity index (χ2n) is 4.85. The summed E-state index contributed by atoms with van der Waals surface area (Å²) in [5, 5.41) is 6.78. The number of anilines is 1. The summed E-state index contributed by atoms with van der Waals surface area (Å²) in [7, 11) is 0. The minimum Gasteiger partial charge on any atom is -0.319 e. The Hall–Kier alpha value is -3.09. The molecule has 3 aromatic rings. The predicted molar refractivity (Wildman–Crippen MR) is 83.8 cm³/mol. The number of fused-ring (bicyclic) bond motifs is 1. The van der Waals surface area contributed by atoms with E-state index in [0.717, 1.165) is 6.07 Å². The van der Waals surface area contributed by atoms with Crippen LogP contribution in [0.1, 0.15) is 17.4 Å². The molecule has 23 heavy (non-hydrogen) atoms. The third kappa shape index (κ3) is 2.80. The van der Waals surface area contributed by atoms with Crippen LogP contribution in [0.3, 0.4) is 0 Å². The van der Waals surface area contributed by atoms with Crippen LogP contribution in [0.5, 0.6) is 0 Å². The molecule has 0 saturated heterocycles. The van der Waals surface area contributed by atoms with Gasteiger partial charge in [-0.2, -0.15) is 5.10 Å². The van der Waals surface area contributed by atoms with Gasteiger partial charge in [-0.1, -0.05) is 0 Å². The van der Waals surface area contributed by atoms with Crippen molar-refractivity contribution in [2.24, 2.45) is 0 Å². The molecule has 0 unspecified atom stereocenters. The summed E-state index contributed by atoms with van der Waals surface area (Å²) < 4.78 is 14.9. The number of hydrogen-bond acceptors (Lipinski definition) is 4. The van der Waals surface area contributed by atoms with Crippen LogP contribution in [0.25, 0.3) is 10.9 Å². The zero-order chi connectivity index (χ0) is 16.4. The maximum Gasteiger partial charge on any atom is 0.280 e. The van der Waals surface area contributed by atoms with Crippen molar-refractivity contribution in [3.63, 3.8) is 0 Å². The number of benzene rings is 1. The van der Waals surface area contributed by atoms with E-state index in [1.807, 2.05) is 6.92 Å². The van der Waals surface area contributed by atoms with Gasteiger partial charge in [0.25, 0.3) is 5.91 Å². The van der Waals surface area contributed by atoms with Gasteiger partial charge in [0.1, 0.15) is 5.82 Å². The molecular formula is C16H13FN4O2. The number of nitrogens with one attached hydrogen (secondary N) is 1. The predicted octanol–water partition coefficient (Wildman–Crippen LogP) is 2.20. The molecule has 2 aromatic heterocycles. The number of halogens is 1. The molecule has 1 N–H and O–H groups in total. The molecule has 7 heteroatoms. The molecule has 1 amide bonds. The van der Waals surface area contributed by atoms with Crippen molar-refractivity contribution >= 4 is 22.5 Å². The third-order valence-corrected chi connectivity index (χ3v) is 3.35. The lowest BCUT2D eigenvalue weighted by Crippen LogP contribution is -2.27. The van der Waals surface area contributed by atoms with Crippen molar-refractivity contribution in [3.8, 4) is 0 Å². The summed E-state index contributed by atoms with van der Waals surface area (Å²) in [5.41, 5.74) is 0.0392. The Bertz CT molecular complexity index is 938. The van der Waals surface area contributed by atoms with E-state index in [1.54, 1.807) is 18.3 Å². The zero-order valence-electron chi connectivity index (χ0n) is 12.3. The Morgan fingerprint density at radius 1 is 1.35 bits per heavy atom. The highest BCUT2D eigenvalue weighted by Gasteiger charge is 2.17. The summed E-state index contributed by atoms with van der Waals surface area (Å²) in [4.78, 5) is 28.7. The van der Waals surface area contributed by atoms with E-state index < -0.39 is 17.2 Å². The Kier molecular flexibility index (Phi) is 3.84. The molecule has 0 aliphatic rings. The first kappa shape index (κ1) is 14.8. The SMILES string of the molecule is CCn1nc(C(=O)Nc2cccnc2)c(=O)c2cc(F)ccc21. The molecule has 0 radical (unpaired) electrons. The number of pyridine rings is 1. The molecule has 6 nitrogen and oxygen atoms in total. The van der Waals surface area contributed by atoms with Gasteiger partial charge in [-0.25, -0.2) is 4.39 Å². The third-order valence-electron chi connectivity index (χ3n) is 3.35. The van der Waals surface area contributed by atoms with Gasteiger partial charge in [0.2, 0.25) is 5.43 Å². The van der Waals surface area contributed by atoms with Gasteiger partial charge in [-0.15, -0.1) is 0 Å². The van der Waals surface area contributed by atoms with Crippen LogP contribution < -0.4 is 10.7 Å². The normalized spacial score (nSPS) is 10.7. The number of carbonyl (C=O) groups excluding carboxylic acids is 1. The highest BCUT2D eigenvalue weighted by atomic mass is 19.1. The van der Waals surface area contributed by atoms with E-state index in [2.05, 4.69) is 15.4 Å². The number of nitrogens with zero attached hydrogens (tertiary/aromatic N) is 3. The lowest BCUT2D eigenvalue weighted by atomic mass is 10.2. The number of carbonyl (C=O) groups is 1. The van der Waals surface area contributed by atoms with Crippen LogP contribution in [-0.4, -0.2) is 20.7 Å². The first-order valence-corrected chi connectivity index (χ1v) is 7.02. The van der Waals surface area contributed by atoms with E-state index >= 15 is 0 Å². The topological polar surface area (TPSA) is 76.9 Å². The molecule has 0 atom stereocenters. The van der Waals surface area contributed by atoms with Gasteiger partial charge in [0.05, 0.1) is 22.8 Å². The zero-order valence-corrected chi connectivity index (χ0v) is 12.3. The van der Waals surface area contributed by atoms with Crippen LogP contribution in [0, 0.1) is 5.82 Å². The molecule has 1 aromatic carbocycles. The lowest BCUT2D eigenvalue weighted by Gasteiger charge is -2.10. The Labute approximate surface area is 130 Å². The molecule has 0 aliphatic carbocycles. The van der Waals surface area contributed by atoms with Gasteiger partial charge in [0, 0.05) is 12.7 Å². The van der Waals surface area contributed by atoms with Crippen molar-refractivity contribution in [1.29, 1.82) is 0 Å². The second-order valence-corrected chi connectivity index (χ2v) is 4.85. The van der Waals surface area contributed by atoms with Crippen LogP contribution in [0.2, 0.25) is 0 Å². The van der Waals surface area contributed by atoms with Crippen LogP contribution in [0.15, 0.2) is 47.5 Å². The summed E-state index contributed by atoms with van der Waals surface area (Å²) in [5.74, 6) is -1.20. The molecule has 2 heterocycles. The fourth-order valence-electron chi connectivity index (χ4n) is 2.28. The maximum atomic E-state index is 13.5. The van der Waals surface area contributed by atoms with E-state index in [-0.39, 0.29) is 11.1 Å². The number of amides is 1. The first-order valence-electron chi connectivity index (χ1n) is 7.02. The van der Waals surface area contributed by atoms with Gasteiger partial charge in [0.15, 0.2) is 5.69 Å². The van der Waals surface area contributed by atoms with Crippen LogP contribution in [-0.2, 0) is 6.54 Å². The highest BCUT2D eigenvalue weighted by Crippen LogP contribution is 2.13. The minimum atomic E-state index is -0.656. The fourth-order valence-corrected chi connectivity index (χ4v) is 2.28. The smallest absolute Gasteiger partial charge is 0.280 e. The Balaban J connectivity index is 2.12. The van der Waals surface area contributed by atoms with E-state index in [4.69, 9.17) is 0 Å². The molecule has 0 spiro atoms. The average Bonchev–Trinajstić information content (AvgIpc) is 2.56. The summed E-state index contributed by atoms with van der Waals surface area (Å²) >= 11 is 0. The van der Waals surface area contributed by atoms with Gasteiger partial charge in [-0.3, -0.25) is 19.3 Å². The Morgan fingerprint density at radius 3 is 2.87 bits per heavy atom. The first-order chi connectivity index (χ1) is 11.1. The average molecular weight is 312 g/mol. The van der Waals surface area contributed by atoms with Crippen molar-refractivity contribution in [2.75, 3.05) is 5.32 Å². The number of rotatable bonds is 3. The molecule has 0 aliphatic heterocycles. The molecule has 116 valence electrons. The van der Waals surface area contributed by atoms with E-state index in [0.29, 0.717) is 17.7 Å². The molecule has 0 fully saturated rings. The fraction of sp³-hybridized carbons (Fsp3) is 0.125. The van der Waals surface area contributed by atoms with Gasteiger partial charge >= 0.3 is 0 Å². The quantitative estimate of drug-likeness (QED) is 0.804. The Morgan fingerprint density at radius 2 is 2.17 bits per heavy atom. The molecule has 0 bridgehead atoms. The van der Waals surface area contributed by atoms with E-state index in [9.17, 15) is 14.0 Å². The van der Waals surface area contributed by atoms with Crippen LogP contribution in [0.4, 0.5) is 10.1 Å².